The van der Waals surface area contributed by atoms with Crippen molar-refractivity contribution in [1.29, 1.82) is 0 Å². The van der Waals surface area contributed by atoms with E-state index >= 15 is 0 Å². The van der Waals surface area contributed by atoms with Gasteiger partial charge in [-0.15, -0.1) is 0 Å². The number of nitrogens with zero attached hydrogens (tertiary/aromatic N) is 1. The van der Waals surface area contributed by atoms with Gasteiger partial charge in [0.1, 0.15) is 0 Å². The Balaban J connectivity index is 0.00000162. The number of rotatable bonds is 4. The lowest BCUT2D eigenvalue weighted by Gasteiger charge is -2.03. The summed E-state index contributed by atoms with van der Waals surface area (Å²) in [4.78, 5) is 0. The van der Waals surface area contributed by atoms with Gasteiger partial charge in [0.15, 0.2) is 18.4 Å². The molecule has 1 heterocycles. The van der Waals surface area contributed by atoms with Gasteiger partial charge in [-0.3, -0.25) is 0 Å². The predicted molar refractivity (Wildman–Crippen MR) is 70.9 cm³/mol. The monoisotopic (exact) mass is 305 g/mol. The van der Waals surface area contributed by atoms with Crippen molar-refractivity contribution in [3.05, 3.63) is 65.5 Å². The first-order valence-corrected chi connectivity index (χ1v) is 6.32. The van der Waals surface area contributed by atoms with Crippen LogP contribution in [0.4, 0.5) is 0 Å². The summed E-state index contributed by atoms with van der Waals surface area (Å²) in [7, 11) is 0. The number of hydrogen-bond donors (Lipinski definition) is 0. The summed E-state index contributed by atoms with van der Waals surface area (Å²) >= 11 is 0. The van der Waals surface area contributed by atoms with Crippen LogP contribution in [0.3, 0.4) is 0 Å². The smallest absolute Gasteiger partial charge is 0.178 e. The van der Waals surface area contributed by atoms with Gasteiger partial charge >= 0.3 is 0 Å². The maximum Gasteiger partial charge on any atom is 0.178 e. The van der Waals surface area contributed by atoms with Crippen LogP contribution in [-0.2, 0) is 19.4 Å². The minimum atomic E-state index is 0. The maximum atomic E-state index is 2.35. The molecule has 1 nitrogen and oxygen atoms in total. The van der Waals surface area contributed by atoms with Crippen LogP contribution in [0, 0.1) is 6.92 Å². The average Bonchev–Trinajstić information content (AvgIpc) is 2.39. The molecule has 0 aliphatic heterocycles. The summed E-state index contributed by atoms with van der Waals surface area (Å²) < 4.78 is 2.35. The normalized spacial score (nSPS) is 9.89. The predicted octanol–water partition coefficient (Wildman–Crippen LogP) is 0.0916. The molecule has 0 saturated carbocycles. The Bertz CT molecular complexity index is 480. The summed E-state index contributed by atoms with van der Waals surface area (Å²) in [6.45, 7) is 5.43. The zero-order chi connectivity index (χ0) is 12.1. The van der Waals surface area contributed by atoms with Crippen molar-refractivity contribution in [3.8, 4) is 0 Å². The van der Waals surface area contributed by atoms with E-state index in [1.165, 1.54) is 16.8 Å². The van der Waals surface area contributed by atoms with Crippen LogP contribution in [-0.4, -0.2) is 0 Å². The van der Waals surface area contributed by atoms with Crippen LogP contribution in [0.5, 0.6) is 0 Å². The van der Waals surface area contributed by atoms with E-state index in [4.69, 9.17) is 0 Å². The molecular weight excluding hydrogens is 286 g/mol. The quantitative estimate of drug-likeness (QED) is 0.705. The van der Waals surface area contributed by atoms with Crippen molar-refractivity contribution in [2.24, 2.45) is 0 Å². The minimum absolute atomic E-state index is 0. The van der Waals surface area contributed by atoms with Gasteiger partial charge in [0, 0.05) is 25.0 Å². The first-order chi connectivity index (χ1) is 8.29. The Morgan fingerprint density at radius 1 is 0.944 bits per heavy atom. The fraction of sp³-hybridized carbons (Fsp3) is 0.312. The van der Waals surface area contributed by atoms with Gasteiger partial charge in [-0.25, -0.2) is 4.57 Å². The second kappa shape index (κ2) is 7.32. The number of halogens is 1. The lowest BCUT2D eigenvalue weighted by atomic mass is 10.1. The van der Waals surface area contributed by atoms with E-state index in [1.807, 2.05) is 0 Å². The standard InChI is InChI=1S/C16H20N.BrH/c1-3-15-10-9-14(2)17(13-15)12-11-16-7-5-4-6-8-16;/h4-10,13H,3,11-12H2,1-2H3;1H/q+1;/p-1. The van der Waals surface area contributed by atoms with Gasteiger partial charge in [0.25, 0.3) is 0 Å². The topological polar surface area (TPSA) is 3.88 Å². The van der Waals surface area contributed by atoms with Crippen LogP contribution in [0.15, 0.2) is 48.7 Å². The van der Waals surface area contributed by atoms with E-state index in [-0.39, 0.29) is 17.0 Å². The molecule has 2 heteroatoms. The molecule has 18 heavy (non-hydrogen) atoms. The van der Waals surface area contributed by atoms with E-state index in [0.29, 0.717) is 0 Å². The molecule has 0 radical (unpaired) electrons. The van der Waals surface area contributed by atoms with Crippen LogP contribution >= 0.6 is 0 Å². The molecule has 2 rings (SSSR count). The maximum absolute atomic E-state index is 2.35. The molecule has 0 aliphatic rings. The Hall–Kier alpha value is -1.15. The van der Waals surface area contributed by atoms with Gasteiger partial charge in [0.2, 0.25) is 0 Å². The summed E-state index contributed by atoms with van der Waals surface area (Å²) in [5.41, 5.74) is 4.14. The minimum Gasteiger partial charge on any atom is -1.00 e. The number of aryl methyl sites for hydroxylation is 4. The third kappa shape index (κ3) is 3.95. The average molecular weight is 306 g/mol. The van der Waals surface area contributed by atoms with Gasteiger partial charge in [-0.2, -0.15) is 0 Å². The summed E-state index contributed by atoms with van der Waals surface area (Å²) in [6.07, 6.45) is 4.48. The van der Waals surface area contributed by atoms with Crippen LogP contribution in [0.1, 0.15) is 23.7 Å². The van der Waals surface area contributed by atoms with E-state index in [9.17, 15) is 0 Å². The number of hydrogen-bond acceptors (Lipinski definition) is 0. The Morgan fingerprint density at radius 3 is 2.33 bits per heavy atom. The molecule has 0 N–H and O–H groups in total. The second-order valence-corrected chi connectivity index (χ2v) is 4.46. The highest BCUT2D eigenvalue weighted by Gasteiger charge is 2.07. The van der Waals surface area contributed by atoms with Gasteiger partial charge < -0.3 is 17.0 Å². The molecular formula is C16H20BrN. The van der Waals surface area contributed by atoms with Gasteiger partial charge in [-0.05, 0) is 18.1 Å². The molecule has 0 fully saturated rings. The molecule has 0 saturated heterocycles. The zero-order valence-electron chi connectivity index (χ0n) is 11.1. The van der Waals surface area contributed by atoms with Crippen LogP contribution in [0.2, 0.25) is 0 Å². The van der Waals surface area contributed by atoms with Crippen molar-refractivity contribution in [2.45, 2.75) is 33.2 Å². The highest BCUT2D eigenvalue weighted by Crippen LogP contribution is 2.02. The summed E-state index contributed by atoms with van der Waals surface area (Å²) in [5.74, 6) is 0. The number of pyridine rings is 1. The summed E-state index contributed by atoms with van der Waals surface area (Å²) in [5, 5.41) is 0. The van der Waals surface area contributed by atoms with Crippen molar-refractivity contribution in [1.82, 2.24) is 0 Å². The first kappa shape index (κ1) is 14.9. The molecule has 0 bridgehead atoms. The first-order valence-electron chi connectivity index (χ1n) is 6.32. The molecule has 1 aromatic heterocycles. The van der Waals surface area contributed by atoms with Crippen molar-refractivity contribution in [3.63, 3.8) is 0 Å². The molecule has 96 valence electrons. The third-order valence-corrected chi connectivity index (χ3v) is 3.21. The highest BCUT2D eigenvalue weighted by atomic mass is 79.9. The molecule has 0 atom stereocenters. The SMILES string of the molecule is CCc1ccc(C)[n+](CCc2ccccc2)c1.[Br-]. The second-order valence-electron chi connectivity index (χ2n) is 4.46. The van der Waals surface area contributed by atoms with Gasteiger partial charge in [-0.1, -0.05) is 37.3 Å². The fourth-order valence-corrected chi connectivity index (χ4v) is 2.01. The van der Waals surface area contributed by atoms with Crippen LogP contribution < -0.4 is 21.5 Å². The Kier molecular flexibility index (Phi) is 6.06. The molecule has 1 aromatic carbocycles. The molecule has 2 aromatic rings. The van der Waals surface area contributed by atoms with Crippen molar-refractivity contribution < 1.29 is 21.5 Å². The number of aromatic nitrogens is 1. The highest BCUT2D eigenvalue weighted by molar-refractivity contribution is 5.14. The van der Waals surface area contributed by atoms with Gasteiger partial charge in [0.05, 0.1) is 0 Å². The lowest BCUT2D eigenvalue weighted by molar-refractivity contribution is -0.702. The zero-order valence-corrected chi connectivity index (χ0v) is 12.7. The van der Waals surface area contributed by atoms with E-state index in [2.05, 4.69) is 67.1 Å². The molecule has 0 unspecified atom stereocenters. The van der Waals surface area contributed by atoms with E-state index < -0.39 is 0 Å². The fourth-order valence-electron chi connectivity index (χ4n) is 2.01. The lowest BCUT2D eigenvalue weighted by Crippen LogP contribution is -3.00. The Labute approximate surface area is 120 Å². The molecule has 0 spiro atoms. The third-order valence-electron chi connectivity index (χ3n) is 3.21. The number of benzene rings is 1. The Morgan fingerprint density at radius 2 is 1.67 bits per heavy atom. The van der Waals surface area contributed by atoms with Crippen molar-refractivity contribution in [2.75, 3.05) is 0 Å². The molecule has 0 aliphatic carbocycles. The largest absolute Gasteiger partial charge is 1.00 e. The van der Waals surface area contributed by atoms with Crippen molar-refractivity contribution >= 4 is 0 Å². The van der Waals surface area contributed by atoms with Crippen LogP contribution in [0.25, 0.3) is 0 Å². The van der Waals surface area contributed by atoms with E-state index in [1.54, 1.807) is 0 Å². The van der Waals surface area contributed by atoms with E-state index in [0.717, 1.165) is 19.4 Å². The summed E-state index contributed by atoms with van der Waals surface area (Å²) in [6, 6.07) is 15.1. The molecule has 0 amide bonds.